The van der Waals surface area contributed by atoms with Crippen LogP contribution < -0.4 is 10.6 Å². The number of carbonyl (C=O) groups excluding carboxylic acids is 2. The molecular formula is C14H14Cl2N2O3. The highest BCUT2D eigenvalue weighted by Gasteiger charge is 2.33. The van der Waals surface area contributed by atoms with E-state index in [4.69, 9.17) is 27.9 Å². The molecule has 2 rings (SSSR count). The largest absolute Gasteiger partial charge is 0.463 e. The summed E-state index contributed by atoms with van der Waals surface area (Å²) in [6, 6.07) is 5.82. The van der Waals surface area contributed by atoms with Crippen LogP contribution >= 0.6 is 23.2 Å². The highest BCUT2D eigenvalue weighted by molar-refractivity contribution is 6.30. The Morgan fingerprint density at radius 2 is 2.00 bits per heavy atom. The first kappa shape index (κ1) is 15.7. The monoisotopic (exact) mass is 328 g/mol. The van der Waals surface area contributed by atoms with Crippen LogP contribution in [0.1, 0.15) is 18.5 Å². The Morgan fingerprint density at radius 3 is 2.57 bits per heavy atom. The molecule has 1 aliphatic rings. The van der Waals surface area contributed by atoms with E-state index in [0.717, 1.165) is 5.56 Å². The maximum Gasteiger partial charge on any atom is 0.338 e. The number of nitrogens with one attached hydrogen (secondary N) is 2. The topological polar surface area (TPSA) is 67.4 Å². The SMILES string of the molecule is CCOC(=O)C1=C(CCl)NC(=O)N[C@H]1c1ccc(Cl)cc1. The summed E-state index contributed by atoms with van der Waals surface area (Å²) in [5.41, 5.74) is 1.37. The Balaban J connectivity index is 2.46. The molecule has 5 nitrogen and oxygen atoms in total. The molecule has 1 aromatic rings. The highest BCUT2D eigenvalue weighted by atomic mass is 35.5. The smallest absolute Gasteiger partial charge is 0.338 e. The molecule has 0 saturated carbocycles. The van der Waals surface area contributed by atoms with Gasteiger partial charge in [0.1, 0.15) is 0 Å². The van der Waals surface area contributed by atoms with Gasteiger partial charge in [-0.05, 0) is 24.6 Å². The van der Waals surface area contributed by atoms with Gasteiger partial charge in [-0.2, -0.15) is 0 Å². The first-order chi connectivity index (χ1) is 10.1. The van der Waals surface area contributed by atoms with Gasteiger partial charge in [0.2, 0.25) is 0 Å². The van der Waals surface area contributed by atoms with Crippen molar-refractivity contribution in [2.75, 3.05) is 12.5 Å². The number of alkyl halides is 1. The van der Waals surface area contributed by atoms with Crippen molar-refractivity contribution in [3.63, 3.8) is 0 Å². The summed E-state index contributed by atoms with van der Waals surface area (Å²) < 4.78 is 5.05. The van der Waals surface area contributed by atoms with Gasteiger partial charge in [0.15, 0.2) is 0 Å². The molecule has 0 aromatic heterocycles. The van der Waals surface area contributed by atoms with Gasteiger partial charge in [-0.1, -0.05) is 23.7 Å². The minimum Gasteiger partial charge on any atom is -0.463 e. The van der Waals surface area contributed by atoms with Gasteiger partial charge in [0.25, 0.3) is 0 Å². The molecule has 2 N–H and O–H groups in total. The Kier molecular flexibility index (Phi) is 5.09. The van der Waals surface area contributed by atoms with Gasteiger partial charge < -0.3 is 15.4 Å². The summed E-state index contributed by atoms with van der Waals surface area (Å²) >= 11 is 11.7. The molecule has 1 atom stereocenters. The van der Waals surface area contributed by atoms with Crippen molar-refractivity contribution >= 4 is 35.2 Å². The normalized spacial score (nSPS) is 18.0. The molecule has 1 heterocycles. The van der Waals surface area contributed by atoms with E-state index in [0.29, 0.717) is 16.3 Å². The summed E-state index contributed by atoms with van der Waals surface area (Å²) in [7, 11) is 0. The first-order valence-corrected chi connectivity index (χ1v) is 7.27. The second-order valence-corrected chi connectivity index (χ2v) is 5.03. The van der Waals surface area contributed by atoms with Crippen LogP contribution in [0.3, 0.4) is 0 Å². The molecular weight excluding hydrogens is 315 g/mol. The van der Waals surface area contributed by atoms with Gasteiger partial charge in [0.05, 0.1) is 24.1 Å². The Hall–Kier alpha value is -1.72. The van der Waals surface area contributed by atoms with E-state index < -0.39 is 18.0 Å². The zero-order valence-corrected chi connectivity index (χ0v) is 12.8. The molecule has 0 aliphatic carbocycles. The molecule has 0 fully saturated rings. The van der Waals surface area contributed by atoms with Crippen molar-refractivity contribution in [3.05, 3.63) is 46.1 Å². The number of ether oxygens (including phenoxy) is 1. The van der Waals surface area contributed by atoms with E-state index in [1.54, 1.807) is 31.2 Å². The van der Waals surface area contributed by atoms with E-state index >= 15 is 0 Å². The van der Waals surface area contributed by atoms with Crippen LogP contribution in [-0.2, 0) is 9.53 Å². The Morgan fingerprint density at radius 1 is 1.33 bits per heavy atom. The van der Waals surface area contributed by atoms with Crippen LogP contribution in [0.25, 0.3) is 0 Å². The number of benzene rings is 1. The Labute approximate surface area is 132 Å². The lowest BCUT2D eigenvalue weighted by molar-refractivity contribution is -0.139. The minimum absolute atomic E-state index is 0.00561. The molecule has 1 aromatic carbocycles. The minimum atomic E-state index is -0.621. The van der Waals surface area contributed by atoms with Crippen molar-refractivity contribution in [1.82, 2.24) is 10.6 Å². The third-order valence-corrected chi connectivity index (χ3v) is 3.51. The lowest BCUT2D eigenvalue weighted by Gasteiger charge is -2.28. The van der Waals surface area contributed by atoms with Gasteiger partial charge in [0, 0.05) is 10.7 Å². The van der Waals surface area contributed by atoms with Crippen molar-refractivity contribution in [3.8, 4) is 0 Å². The standard InChI is InChI=1S/C14H14Cl2N2O3/c1-2-21-13(19)11-10(7-15)17-14(20)18-12(11)8-3-5-9(16)6-4-8/h3-6,12H,2,7H2,1H3,(H2,17,18,20)/t12-/m0/s1. The molecule has 0 unspecified atom stereocenters. The second-order valence-electron chi connectivity index (χ2n) is 4.33. The van der Waals surface area contributed by atoms with Crippen LogP contribution in [0.2, 0.25) is 5.02 Å². The predicted molar refractivity (Wildman–Crippen MR) is 80.2 cm³/mol. The lowest BCUT2D eigenvalue weighted by atomic mass is 9.95. The highest BCUT2D eigenvalue weighted by Crippen LogP contribution is 2.28. The van der Waals surface area contributed by atoms with E-state index in [-0.39, 0.29) is 12.5 Å². The van der Waals surface area contributed by atoms with Crippen molar-refractivity contribution in [2.24, 2.45) is 0 Å². The summed E-state index contributed by atoms with van der Waals surface area (Å²) in [6.07, 6.45) is 0. The van der Waals surface area contributed by atoms with Crippen molar-refractivity contribution in [1.29, 1.82) is 0 Å². The van der Waals surface area contributed by atoms with E-state index in [1.807, 2.05) is 0 Å². The number of hydrogen-bond donors (Lipinski definition) is 2. The molecule has 21 heavy (non-hydrogen) atoms. The summed E-state index contributed by atoms with van der Waals surface area (Å²) in [6.45, 7) is 1.95. The number of hydrogen-bond acceptors (Lipinski definition) is 3. The van der Waals surface area contributed by atoms with Crippen molar-refractivity contribution < 1.29 is 14.3 Å². The van der Waals surface area contributed by atoms with Gasteiger partial charge in [-0.3, -0.25) is 0 Å². The average molecular weight is 329 g/mol. The quantitative estimate of drug-likeness (QED) is 0.659. The van der Waals surface area contributed by atoms with E-state index in [2.05, 4.69) is 10.6 Å². The maximum atomic E-state index is 12.2. The predicted octanol–water partition coefficient (Wildman–Crippen LogP) is 2.75. The molecule has 7 heteroatoms. The molecule has 112 valence electrons. The number of halogens is 2. The number of esters is 1. The van der Waals surface area contributed by atoms with Crippen LogP contribution in [0.4, 0.5) is 4.79 Å². The second kappa shape index (κ2) is 6.83. The summed E-state index contributed by atoms with van der Waals surface area (Å²) in [4.78, 5) is 23.9. The third-order valence-electron chi connectivity index (χ3n) is 2.99. The van der Waals surface area contributed by atoms with Crippen LogP contribution in [0, 0.1) is 0 Å². The molecule has 2 amide bonds. The zero-order chi connectivity index (χ0) is 15.4. The fourth-order valence-corrected chi connectivity index (χ4v) is 2.42. The summed E-state index contributed by atoms with van der Waals surface area (Å²) in [5, 5.41) is 5.80. The first-order valence-electron chi connectivity index (χ1n) is 6.36. The average Bonchev–Trinajstić information content (AvgIpc) is 2.47. The van der Waals surface area contributed by atoms with Gasteiger partial charge in [-0.15, -0.1) is 11.6 Å². The van der Waals surface area contributed by atoms with Crippen LogP contribution in [-0.4, -0.2) is 24.5 Å². The molecule has 1 aliphatic heterocycles. The van der Waals surface area contributed by atoms with Crippen LogP contribution in [0.15, 0.2) is 35.5 Å². The van der Waals surface area contributed by atoms with Gasteiger partial charge in [-0.25, -0.2) is 9.59 Å². The number of carbonyl (C=O) groups is 2. The summed E-state index contributed by atoms with van der Waals surface area (Å²) in [5.74, 6) is -0.508. The molecule has 0 bridgehead atoms. The number of amides is 2. The van der Waals surface area contributed by atoms with Crippen LogP contribution in [0.5, 0.6) is 0 Å². The molecule has 0 radical (unpaired) electrons. The van der Waals surface area contributed by atoms with Gasteiger partial charge >= 0.3 is 12.0 Å². The van der Waals surface area contributed by atoms with E-state index in [9.17, 15) is 9.59 Å². The lowest BCUT2D eigenvalue weighted by Crippen LogP contribution is -2.46. The Bertz CT molecular complexity index is 584. The number of urea groups is 1. The maximum absolute atomic E-state index is 12.2. The van der Waals surface area contributed by atoms with E-state index in [1.165, 1.54) is 0 Å². The zero-order valence-electron chi connectivity index (χ0n) is 11.3. The number of allylic oxidation sites excluding steroid dienone is 1. The molecule has 0 saturated heterocycles. The third kappa shape index (κ3) is 3.49. The molecule has 0 spiro atoms. The fourth-order valence-electron chi connectivity index (χ4n) is 2.08. The van der Waals surface area contributed by atoms with Crippen molar-refractivity contribution in [2.45, 2.75) is 13.0 Å². The number of rotatable bonds is 4. The fraction of sp³-hybridized carbons (Fsp3) is 0.286.